The molecule has 1 fully saturated rings. The number of likely N-dealkylation sites (tertiary alicyclic amines) is 1. The van der Waals surface area contributed by atoms with Crippen LogP contribution < -0.4 is 10.6 Å². The molecule has 4 nitrogen and oxygen atoms in total. The topological polar surface area (TPSA) is 44.4 Å². The third kappa shape index (κ3) is 6.68. The molecule has 1 saturated heterocycles. The van der Waals surface area contributed by atoms with Gasteiger partial charge in [-0.1, -0.05) is 23.9 Å². The molecule has 3 rings (SSSR count). The quantitative estimate of drug-likeness (QED) is 0.487. The van der Waals surface area contributed by atoms with Gasteiger partial charge in [0, 0.05) is 35.8 Å². The number of piperidine rings is 1. The third-order valence-electron chi connectivity index (χ3n) is 4.61. The SMILES string of the molecule is O=C(c1cccc(CNC(=S)Nc2ccc(SC(F)F)cc2)c1)N1CCCCC1. The fraction of sp³-hybridized carbons (Fsp3) is 0.333. The molecule has 0 aromatic heterocycles. The number of hydrogen-bond acceptors (Lipinski definition) is 3. The van der Waals surface area contributed by atoms with E-state index in [4.69, 9.17) is 12.2 Å². The zero-order valence-electron chi connectivity index (χ0n) is 15.9. The third-order valence-corrected chi connectivity index (χ3v) is 5.58. The highest BCUT2D eigenvalue weighted by atomic mass is 32.2. The first-order valence-electron chi connectivity index (χ1n) is 9.49. The largest absolute Gasteiger partial charge is 0.358 e. The van der Waals surface area contributed by atoms with Crippen molar-refractivity contribution in [3.63, 3.8) is 0 Å². The highest BCUT2D eigenvalue weighted by Gasteiger charge is 2.18. The summed E-state index contributed by atoms with van der Waals surface area (Å²) < 4.78 is 24.7. The Labute approximate surface area is 179 Å². The van der Waals surface area contributed by atoms with Crippen LogP contribution >= 0.6 is 24.0 Å². The van der Waals surface area contributed by atoms with Gasteiger partial charge in [0.2, 0.25) is 0 Å². The van der Waals surface area contributed by atoms with Gasteiger partial charge < -0.3 is 15.5 Å². The molecule has 2 aromatic rings. The number of anilines is 1. The van der Waals surface area contributed by atoms with E-state index in [9.17, 15) is 13.6 Å². The van der Waals surface area contributed by atoms with Gasteiger partial charge in [0.1, 0.15) is 0 Å². The normalized spacial score (nSPS) is 14.0. The first kappa shape index (κ1) is 21.5. The lowest BCUT2D eigenvalue weighted by atomic mass is 10.1. The maximum atomic E-state index is 12.6. The highest BCUT2D eigenvalue weighted by molar-refractivity contribution is 7.99. The van der Waals surface area contributed by atoms with Crippen LogP contribution in [0, 0.1) is 0 Å². The van der Waals surface area contributed by atoms with Crippen molar-refractivity contribution in [2.24, 2.45) is 0 Å². The Morgan fingerprint density at radius 3 is 2.52 bits per heavy atom. The van der Waals surface area contributed by atoms with Crippen LogP contribution in [0.3, 0.4) is 0 Å². The fourth-order valence-corrected chi connectivity index (χ4v) is 3.86. The van der Waals surface area contributed by atoms with E-state index >= 15 is 0 Å². The molecule has 1 amide bonds. The minimum absolute atomic E-state index is 0.0778. The number of halogens is 2. The van der Waals surface area contributed by atoms with E-state index in [2.05, 4.69) is 10.6 Å². The maximum absolute atomic E-state index is 12.6. The molecular weight excluding hydrogens is 412 g/mol. The molecule has 29 heavy (non-hydrogen) atoms. The van der Waals surface area contributed by atoms with E-state index in [1.165, 1.54) is 6.42 Å². The summed E-state index contributed by atoms with van der Waals surface area (Å²) in [6.45, 7) is 2.13. The van der Waals surface area contributed by atoms with Crippen LogP contribution in [0.1, 0.15) is 35.2 Å². The predicted molar refractivity (Wildman–Crippen MR) is 118 cm³/mol. The van der Waals surface area contributed by atoms with Crippen molar-refractivity contribution in [2.75, 3.05) is 18.4 Å². The van der Waals surface area contributed by atoms with Gasteiger partial charge in [-0.05, 0) is 73.4 Å². The molecule has 0 spiro atoms. The number of nitrogens with zero attached hydrogens (tertiary/aromatic N) is 1. The van der Waals surface area contributed by atoms with Crippen LogP contribution in [0.4, 0.5) is 14.5 Å². The van der Waals surface area contributed by atoms with Crippen LogP contribution in [-0.4, -0.2) is 34.8 Å². The molecule has 0 atom stereocenters. The molecule has 1 aliphatic rings. The van der Waals surface area contributed by atoms with E-state index < -0.39 is 5.76 Å². The Morgan fingerprint density at radius 2 is 1.83 bits per heavy atom. The summed E-state index contributed by atoms with van der Waals surface area (Å²) in [4.78, 5) is 15.1. The van der Waals surface area contributed by atoms with Gasteiger partial charge in [0.05, 0.1) is 0 Å². The molecule has 0 unspecified atom stereocenters. The molecule has 2 N–H and O–H groups in total. The molecule has 0 saturated carbocycles. The van der Waals surface area contributed by atoms with Gasteiger partial charge in [-0.3, -0.25) is 4.79 Å². The van der Waals surface area contributed by atoms with Crippen LogP contribution in [0.25, 0.3) is 0 Å². The zero-order chi connectivity index (χ0) is 20.6. The summed E-state index contributed by atoms with van der Waals surface area (Å²) in [5, 5.41) is 6.56. The van der Waals surface area contributed by atoms with Gasteiger partial charge in [0.25, 0.3) is 11.7 Å². The van der Waals surface area contributed by atoms with Crippen molar-refractivity contribution in [2.45, 2.75) is 36.5 Å². The molecule has 0 aliphatic carbocycles. The minimum Gasteiger partial charge on any atom is -0.358 e. The van der Waals surface area contributed by atoms with Crippen molar-refractivity contribution in [3.8, 4) is 0 Å². The number of hydrogen-bond donors (Lipinski definition) is 2. The average molecular weight is 436 g/mol. The molecule has 2 aromatic carbocycles. The second-order valence-electron chi connectivity index (χ2n) is 6.76. The zero-order valence-corrected chi connectivity index (χ0v) is 17.5. The summed E-state index contributed by atoms with van der Waals surface area (Å²) >= 11 is 5.81. The summed E-state index contributed by atoms with van der Waals surface area (Å²) in [6.07, 6.45) is 3.31. The van der Waals surface area contributed by atoms with Gasteiger partial charge in [-0.25, -0.2) is 0 Å². The molecule has 8 heteroatoms. The lowest BCUT2D eigenvalue weighted by molar-refractivity contribution is 0.0724. The summed E-state index contributed by atoms with van der Waals surface area (Å²) in [7, 11) is 0. The van der Waals surface area contributed by atoms with E-state index in [0.717, 1.165) is 37.2 Å². The van der Waals surface area contributed by atoms with Crippen molar-refractivity contribution < 1.29 is 13.6 Å². The van der Waals surface area contributed by atoms with Gasteiger partial charge in [0.15, 0.2) is 5.11 Å². The Hall–Kier alpha value is -2.19. The standard InChI is InChI=1S/C21H23F2N3OS2/c22-20(23)29-18-9-7-17(8-10-18)25-21(28)24-14-15-5-4-6-16(13-15)19(27)26-11-2-1-3-12-26/h4-10,13,20H,1-3,11-12,14H2,(H2,24,25,28). The number of nitrogens with one attached hydrogen (secondary N) is 2. The lowest BCUT2D eigenvalue weighted by Gasteiger charge is -2.26. The van der Waals surface area contributed by atoms with Crippen LogP contribution in [0.5, 0.6) is 0 Å². The Kier molecular flexibility index (Phi) is 7.83. The lowest BCUT2D eigenvalue weighted by Crippen LogP contribution is -2.35. The minimum atomic E-state index is -2.44. The second-order valence-corrected chi connectivity index (χ2v) is 8.24. The van der Waals surface area contributed by atoms with Crippen LogP contribution in [0.15, 0.2) is 53.4 Å². The van der Waals surface area contributed by atoms with E-state index in [1.54, 1.807) is 24.3 Å². The molecule has 154 valence electrons. The fourth-order valence-electron chi connectivity index (χ4n) is 3.17. The van der Waals surface area contributed by atoms with Gasteiger partial charge >= 0.3 is 0 Å². The first-order valence-corrected chi connectivity index (χ1v) is 10.8. The average Bonchev–Trinajstić information content (AvgIpc) is 2.73. The Morgan fingerprint density at radius 1 is 1.10 bits per heavy atom. The van der Waals surface area contributed by atoms with E-state index in [1.807, 2.05) is 29.2 Å². The van der Waals surface area contributed by atoms with Crippen molar-refractivity contribution in [1.82, 2.24) is 10.2 Å². The van der Waals surface area contributed by atoms with Crippen LogP contribution in [0.2, 0.25) is 0 Å². The number of thioether (sulfide) groups is 1. The molecule has 1 aliphatic heterocycles. The van der Waals surface area contributed by atoms with Gasteiger partial charge in [-0.15, -0.1) is 0 Å². The van der Waals surface area contributed by atoms with Crippen molar-refractivity contribution >= 4 is 40.7 Å². The smallest absolute Gasteiger partial charge is 0.288 e. The molecule has 0 bridgehead atoms. The maximum Gasteiger partial charge on any atom is 0.288 e. The second kappa shape index (κ2) is 10.5. The van der Waals surface area contributed by atoms with Crippen molar-refractivity contribution in [1.29, 1.82) is 0 Å². The number of alkyl halides is 2. The van der Waals surface area contributed by atoms with Gasteiger partial charge in [-0.2, -0.15) is 8.78 Å². The molecule has 0 radical (unpaired) electrons. The predicted octanol–water partition coefficient (Wildman–Crippen LogP) is 5.11. The molecule has 1 heterocycles. The Balaban J connectivity index is 1.51. The summed E-state index contributed by atoms with van der Waals surface area (Å²) in [5.41, 5.74) is 2.37. The monoisotopic (exact) mass is 435 g/mol. The van der Waals surface area contributed by atoms with E-state index in [-0.39, 0.29) is 5.91 Å². The summed E-state index contributed by atoms with van der Waals surface area (Å²) in [5.74, 6) is -2.36. The van der Waals surface area contributed by atoms with Crippen molar-refractivity contribution in [3.05, 3.63) is 59.7 Å². The highest BCUT2D eigenvalue weighted by Crippen LogP contribution is 2.26. The number of benzene rings is 2. The number of carbonyl (C=O) groups is 1. The Bertz CT molecular complexity index is 840. The number of amides is 1. The van der Waals surface area contributed by atoms with E-state index in [0.29, 0.717) is 33.9 Å². The summed E-state index contributed by atoms with van der Waals surface area (Å²) in [6, 6.07) is 14.2. The first-order chi connectivity index (χ1) is 14.0. The number of rotatable bonds is 6. The van der Waals surface area contributed by atoms with Crippen LogP contribution in [-0.2, 0) is 6.54 Å². The molecular formula is C21H23F2N3OS2. The number of thiocarbonyl (C=S) groups is 1. The number of carbonyl (C=O) groups excluding carboxylic acids is 1.